The molecule has 0 aromatic rings. The van der Waals surface area contributed by atoms with Gasteiger partial charge in [-0.3, -0.25) is 5.21 Å². The second-order valence-corrected chi connectivity index (χ2v) is 0.417. The molecule has 4 nitrogen and oxygen atoms in total. The molecule has 0 unspecified atom stereocenters. The molecule has 0 bridgehead atoms. The summed E-state index contributed by atoms with van der Waals surface area (Å²) in [7, 11) is 0. The Kier molecular flexibility index (Phi) is 9.76. The minimum absolute atomic E-state index is 0. The number of hydroxylamine groups is 1. The standard InChI is InChI=1S/CH3NO3.K.H/c3-1(4)2-5;;/h2,5H,(H,3,4);;. The quantitative estimate of drug-likeness (QED) is 0.216. The van der Waals surface area contributed by atoms with Crippen molar-refractivity contribution in [2.45, 2.75) is 0 Å². The molecule has 0 aromatic heterocycles. The third-order valence-electron chi connectivity index (χ3n) is 0.0956. The Balaban J connectivity index is 0. The molecule has 0 aliphatic rings. The molecule has 0 saturated carbocycles. The average Bonchev–Trinajstić information content (AvgIpc) is 1.38. The second kappa shape index (κ2) is 5.87. The van der Waals surface area contributed by atoms with Gasteiger partial charge in [-0.15, -0.1) is 0 Å². The van der Waals surface area contributed by atoms with Crippen LogP contribution in [-0.4, -0.2) is 67.8 Å². The van der Waals surface area contributed by atoms with Gasteiger partial charge in [-0.05, 0) is 0 Å². The number of hydrogen-bond donors (Lipinski definition) is 3. The van der Waals surface area contributed by atoms with Gasteiger partial charge in [-0.1, -0.05) is 0 Å². The van der Waals surface area contributed by atoms with E-state index in [4.69, 9.17) is 15.1 Å². The van der Waals surface area contributed by atoms with E-state index in [9.17, 15) is 0 Å². The molecule has 0 atom stereocenters. The Labute approximate surface area is 76.9 Å². The molecule has 6 heavy (non-hydrogen) atoms. The van der Waals surface area contributed by atoms with Crippen LogP contribution in [0.5, 0.6) is 0 Å². The first-order valence-electron chi connectivity index (χ1n) is 0.901. The zero-order valence-electron chi connectivity index (χ0n) is 2.30. The predicted octanol–water partition coefficient (Wildman–Crippen LogP) is -1.01. The maximum atomic E-state index is 9.01. The van der Waals surface area contributed by atoms with Crippen molar-refractivity contribution in [3.05, 3.63) is 0 Å². The van der Waals surface area contributed by atoms with E-state index in [1.54, 1.807) is 0 Å². The third-order valence-corrected chi connectivity index (χ3v) is 0.0956. The van der Waals surface area contributed by atoms with E-state index in [0.29, 0.717) is 0 Å². The van der Waals surface area contributed by atoms with Gasteiger partial charge in [0.25, 0.3) is 0 Å². The van der Waals surface area contributed by atoms with Crippen molar-refractivity contribution >= 4 is 57.5 Å². The van der Waals surface area contributed by atoms with Gasteiger partial charge in [0.2, 0.25) is 0 Å². The van der Waals surface area contributed by atoms with Crippen LogP contribution in [0.2, 0.25) is 0 Å². The monoisotopic (exact) mass is 117 g/mol. The number of nitrogens with one attached hydrogen (secondary N) is 1. The summed E-state index contributed by atoms with van der Waals surface area (Å²) in [6.45, 7) is 0. The Morgan fingerprint density at radius 1 is 1.67 bits per heavy atom. The van der Waals surface area contributed by atoms with Crippen LogP contribution in [0.25, 0.3) is 0 Å². The molecule has 0 saturated heterocycles. The number of amides is 1. The SMILES string of the molecule is O=C(O)NO.[KH]. The summed E-state index contributed by atoms with van der Waals surface area (Å²) in [5, 5.41) is 14.7. The molecule has 0 aliphatic carbocycles. The van der Waals surface area contributed by atoms with E-state index in [0.717, 1.165) is 5.48 Å². The van der Waals surface area contributed by atoms with E-state index in [-0.39, 0.29) is 51.4 Å². The van der Waals surface area contributed by atoms with Gasteiger partial charge in [0.05, 0.1) is 0 Å². The summed E-state index contributed by atoms with van der Waals surface area (Å²) in [6, 6.07) is 0. The molecule has 3 N–H and O–H groups in total. The fraction of sp³-hybridized carbons (Fsp3) is 0. The van der Waals surface area contributed by atoms with Gasteiger partial charge in [-0.25, -0.2) is 10.3 Å². The first-order valence-corrected chi connectivity index (χ1v) is 0.901. The molecule has 0 aliphatic heterocycles. The van der Waals surface area contributed by atoms with Crippen LogP contribution < -0.4 is 5.48 Å². The van der Waals surface area contributed by atoms with Crippen molar-refractivity contribution in [2.75, 3.05) is 0 Å². The van der Waals surface area contributed by atoms with Crippen LogP contribution in [0, 0.1) is 0 Å². The summed E-state index contributed by atoms with van der Waals surface area (Å²) < 4.78 is 0. The summed E-state index contributed by atoms with van der Waals surface area (Å²) in [5.41, 5.74) is 0.944. The molecule has 0 spiro atoms. The van der Waals surface area contributed by atoms with Crippen molar-refractivity contribution in [1.29, 1.82) is 0 Å². The molecule has 0 heterocycles. The van der Waals surface area contributed by atoms with Gasteiger partial charge in [0.1, 0.15) is 0 Å². The van der Waals surface area contributed by atoms with Crippen LogP contribution in [0.1, 0.15) is 0 Å². The van der Waals surface area contributed by atoms with Crippen molar-refractivity contribution in [2.24, 2.45) is 0 Å². The predicted molar refractivity (Wildman–Crippen MR) is 20.1 cm³/mol. The Hall–Kier alpha value is 0.866. The summed E-state index contributed by atoms with van der Waals surface area (Å²) in [6.07, 6.45) is -1.44. The van der Waals surface area contributed by atoms with Crippen molar-refractivity contribution in [3.8, 4) is 0 Å². The fourth-order valence-corrected chi connectivity index (χ4v) is 0. The van der Waals surface area contributed by atoms with E-state index in [1.165, 1.54) is 0 Å². The van der Waals surface area contributed by atoms with Gasteiger partial charge < -0.3 is 5.11 Å². The summed E-state index contributed by atoms with van der Waals surface area (Å²) in [4.78, 5) is 9.01. The molecular formula is CH4KNO3. The molecule has 32 valence electrons. The van der Waals surface area contributed by atoms with E-state index in [2.05, 4.69) is 0 Å². The molecular weight excluding hydrogens is 113 g/mol. The summed E-state index contributed by atoms with van der Waals surface area (Å²) >= 11 is 0. The zero-order valence-corrected chi connectivity index (χ0v) is 2.30. The molecule has 0 radical (unpaired) electrons. The number of hydrogen-bond acceptors (Lipinski definition) is 2. The van der Waals surface area contributed by atoms with E-state index in [1.807, 2.05) is 0 Å². The van der Waals surface area contributed by atoms with Gasteiger partial charge in [0.15, 0.2) is 0 Å². The number of carbonyl (C=O) groups is 1. The van der Waals surface area contributed by atoms with Crippen LogP contribution in [0.15, 0.2) is 0 Å². The van der Waals surface area contributed by atoms with E-state index < -0.39 is 6.09 Å². The Morgan fingerprint density at radius 3 is 1.83 bits per heavy atom. The topological polar surface area (TPSA) is 69.6 Å². The van der Waals surface area contributed by atoms with Crippen molar-refractivity contribution < 1.29 is 15.1 Å². The van der Waals surface area contributed by atoms with E-state index >= 15 is 0 Å². The van der Waals surface area contributed by atoms with Crippen LogP contribution >= 0.6 is 0 Å². The van der Waals surface area contributed by atoms with Crippen molar-refractivity contribution in [3.63, 3.8) is 0 Å². The third kappa shape index (κ3) is 8.85. The van der Waals surface area contributed by atoms with Crippen LogP contribution in [0.4, 0.5) is 4.79 Å². The maximum absolute atomic E-state index is 9.01. The second-order valence-electron chi connectivity index (χ2n) is 0.417. The summed E-state index contributed by atoms with van der Waals surface area (Å²) in [5.74, 6) is 0. The molecule has 0 aromatic carbocycles. The first kappa shape index (κ1) is 9.98. The number of carboxylic acid groups (broad SMARTS) is 1. The molecule has 5 heteroatoms. The number of rotatable bonds is 0. The Bertz CT molecular complexity index is 46.1. The normalized spacial score (nSPS) is 5.50. The minimum atomic E-state index is -1.44. The van der Waals surface area contributed by atoms with Crippen molar-refractivity contribution in [1.82, 2.24) is 5.48 Å². The molecule has 1 amide bonds. The zero-order chi connectivity index (χ0) is 4.28. The first-order chi connectivity index (χ1) is 2.27. The van der Waals surface area contributed by atoms with Crippen LogP contribution in [0.3, 0.4) is 0 Å². The molecule has 0 fully saturated rings. The van der Waals surface area contributed by atoms with Gasteiger partial charge >= 0.3 is 57.5 Å². The Morgan fingerprint density at radius 2 is 1.83 bits per heavy atom. The fourth-order valence-electron chi connectivity index (χ4n) is 0. The van der Waals surface area contributed by atoms with Gasteiger partial charge in [-0.2, -0.15) is 0 Å². The van der Waals surface area contributed by atoms with Gasteiger partial charge in [0, 0.05) is 0 Å². The average molecular weight is 117 g/mol. The molecule has 0 rings (SSSR count). The van der Waals surface area contributed by atoms with Crippen LogP contribution in [-0.2, 0) is 0 Å².